The molecule has 0 unspecified atom stereocenters. The van der Waals surface area contributed by atoms with Crippen LogP contribution in [0.2, 0.25) is 0 Å². The molecule has 0 spiro atoms. The van der Waals surface area contributed by atoms with Gasteiger partial charge in [-0.2, -0.15) is 0 Å². The largest absolute Gasteiger partial charge is 0.493 e. The summed E-state index contributed by atoms with van der Waals surface area (Å²) in [6.07, 6.45) is 0.820. The number of amides is 2. The Hall–Kier alpha value is -3.22. The lowest BCUT2D eigenvalue weighted by Gasteiger charge is -2.19. The van der Waals surface area contributed by atoms with Gasteiger partial charge in [0.1, 0.15) is 19.0 Å². The molecule has 0 aliphatic carbocycles. The number of fused-ring (bicyclic) bond motifs is 1. The third-order valence-corrected chi connectivity index (χ3v) is 4.12. The SMILES string of the molecule is CCOc1ccccc1C(=O)NCCCC(=O)Nc1ccc2c(c1)OCCO2. The zero-order chi connectivity index (χ0) is 19.8. The van der Waals surface area contributed by atoms with Crippen molar-refractivity contribution in [1.82, 2.24) is 5.32 Å². The van der Waals surface area contributed by atoms with Crippen LogP contribution in [0.1, 0.15) is 30.1 Å². The average molecular weight is 384 g/mol. The highest BCUT2D eigenvalue weighted by atomic mass is 16.6. The number of nitrogens with one attached hydrogen (secondary N) is 2. The Labute approximate surface area is 164 Å². The lowest BCUT2D eigenvalue weighted by Crippen LogP contribution is -2.26. The van der Waals surface area contributed by atoms with E-state index in [1.165, 1.54) is 0 Å². The molecule has 148 valence electrons. The summed E-state index contributed by atoms with van der Waals surface area (Å²) in [6, 6.07) is 12.4. The topological polar surface area (TPSA) is 85.9 Å². The molecular formula is C21H24N2O5. The minimum Gasteiger partial charge on any atom is -0.493 e. The van der Waals surface area contributed by atoms with Crippen molar-refractivity contribution in [3.8, 4) is 17.2 Å². The van der Waals surface area contributed by atoms with Crippen LogP contribution in [0.15, 0.2) is 42.5 Å². The van der Waals surface area contributed by atoms with Gasteiger partial charge in [-0.25, -0.2) is 0 Å². The fourth-order valence-corrected chi connectivity index (χ4v) is 2.83. The van der Waals surface area contributed by atoms with Crippen LogP contribution in [0.3, 0.4) is 0 Å². The van der Waals surface area contributed by atoms with Gasteiger partial charge in [0, 0.05) is 24.7 Å². The summed E-state index contributed by atoms with van der Waals surface area (Å²) in [5.74, 6) is 1.53. The van der Waals surface area contributed by atoms with Crippen molar-refractivity contribution in [1.29, 1.82) is 0 Å². The van der Waals surface area contributed by atoms with Gasteiger partial charge in [-0.05, 0) is 37.6 Å². The van der Waals surface area contributed by atoms with E-state index in [1.807, 2.05) is 13.0 Å². The standard InChI is InChI=1S/C21H24N2O5/c1-2-26-17-7-4-3-6-16(17)21(25)22-11-5-8-20(24)23-15-9-10-18-19(14-15)28-13-12-27-18/h3-4,6-7,9-10,14H,2,5,8,11-13H2,1H3,(H,22,25)(H,23,24). The van der Waals surface area contributed by atoms with Gasteiger partial charge in [-0.3, -0.25) is 9.59 Å². The molecule has 0 saturated heterocycles. The van der Waals surface area contributed by atoms with E-state index < -0.39 is 0 Å². The lowest BCUT2D eigenvalue weighted by molar-refractivity contribution is -0.116. The van der Waals surface area contributed by atoms with Gasteiger partial charge in [0.2, 0.25) is 5.91 Å². The molecule has 2 N–H and O–H groups in total. The van der Waals surface area contributed by atoms with Crippen LogP contribution >= 0.6 is 0 Å². The van der Waals surface area contributed by atoms with Crippen LogP contribution in [-0.2, 0) is 4.79 Å². The maximum Gasteiger partial charge on any atom is 0.255 e. The minimum atomic E-state index is -0.212. The first-order valence-electron chi connectivity index (χ1n) is 9.37. The quantitative estimate of drug-likeness (QED) is 0.684. The maximum absolute atomic E-state index is 12.3. The van der Waals surface area contributed by atoms with Crippen molar-refractivity contribution in [3.05, 3.63) is 48.0 Å². The van der Waals surface area contributed by atoms with Crippen LogP contribution < -0.4 is 24.8 Å². The Morgan fingerprint density at radius 3 is 2.68 bits per heavy atom. The average Bonchev–Trinajstić information content (AvgIpc) is 2.71. The van der Waals surface area contributed by atoms with E-state index in [-0.39, 0.29) is 11.8 Å². The van der Waals surface area contributed by atoms with E-state index in [0.29, 0.717) is 67.7 Å². The van der Waals surface area contributed by atoms with Gasteiger partial charge in [-0.15, -0.1) is 0 Å². The Morgan fingerprint density at radius 2 is 1.86 bits per heavy atom. The van der Waals surface area contributed by atoms with E-state index in [4.69, 9.17) is 14.2 Å². The van der Waals surface area contributed by atoms with Gasteiger partial charge >= 0.3 is 0 Å². The van der Waals surface area contributed by atoms with Crippen LogP contribution in [0.25, 0.3) is 0 Å². The van der Waals surface area contributed by atoms with Crippen molar-refractivity contribution >= 4 is 17.5 Å². The summed E-state index contributed by atoms with van der Waals surface area (Å²) in [5, 5.41) is 5.65. The summed E-state index contributed by atoms with van der Waals surface area (Å²) in [7, 11) is 0. The lowest BCUT2D eigenvalue weighted by atomic mass is 10.2. The second-order valence-electron chi connectivity index (χ2n) is 6.20. The van der Waals surface area contributed by atoms with Crippen molar-refractivity contribution < 1.29 is 23.8 Å². The predicted octanol–water partition coefficient (Wildman–Crippen LogP) is 3.01. The molecule has 0 aromatic heterocycles. The van der Waals surface area contributed by atoms with Crippen LogP contribution in [0.5, 0.6) is 17.2 Å². The highest BCUT2D eigenvalue weighted by molar-refractivity contribution is 5.97. The van der Waals surface area contributed by atoms with E-state index in [9.17, 15) is 9.59 Å². The zero-order valence-electron chi connectivity index (χ0n) is 15.8. The molecule has 0 bridgehead atoms. The zero-order valence-corrected chi connectivity index (χ0v) is 15.8. The molecule has 7 heteroatoms. The number of hydrogen-bond donors (Lipinski definition) is 2. The fourth-order valence-electron chi connectivity index (χ4n) is 2.83. The van der Waals surface area contributed by atoms with Crippen molar-refractivity contribution in [2.45, 2.75) is 19.8 Å². The molecule has 1 heterocycles. The fraction of sp³-hybridized carbons (Fsp3) is 0.333. The van der Waals surface area contributed by atoms with Crippen LogP contribution in [-0.4, -0.2) is 38.2 Å². The molecule has 0 saturated carbocycles. The molecule has 0 atom stereocenters. The summed E-state index contributed by atoms with van der Waals surface area (Å²) >= 11 is 0. The second kappa shape index (κ2) is 9.64. The number of benzene rings is 2. The number of ether oxygens (including phenoxy) is 3. The van der Waals surface area contributed by atoms with Crippen molar-refractivity contribution in [3.63, 3.8) is 0 Å². The third-order valence-electron chi connectivity index (χ3n) is 4.12. The predicted molar refractivity (Wildman–Crippen MR) is 105 cm³/mol. The molecule has 7 nitrogen and oxygen atoms in total. The number of carbonyl (C=O) groups is 2. The number of carbonyl (C=O) groups excluding carboxylic acids is 2. The molecule has 28 heavy (non-hydrogen) atoms. The number of rotatable bonds is 8. The molecule has 2 aromatic carbocycles. The normalized spacial score (nSPS) is 12.2. The molecule has 3 rings (SSSR count). The Kier molecular flexibility index (Phi) is 6.73. The molecule has 1 aliphatic heterocycles. The molecule has 2 aromatic rings. The number of hydrogen-bond acceptors (Lipinski definition) is 5. The van der Waals surface area contributed by atoms with E-state index in [2.05, 4.69) is 10.6 Å². The summed E-state index contributed by atoms with van der Waals surface area (Å²) in [6.45, 7) is 3.78. The van der Waals surface area contributed by atoms with Crippen molar-refractivity contribution in [2.24, 2.45) is 0 Å². The molecule has 0 fully saturated rings. The third kappa shape index (κ3) is 5.16. The number of para-hydroxylation sites is 1. The molecule has 1 aliphatic rings. The van der Waals surface area contributed by atoms with Crippen molar-refractivity contribution in [2.75, 3.05) is 31.7 Å². The van der Waals surface area contributed by atoms with E-state index >= 15 is 0 Å². The van der Waals surface area contributed by atoms with Gasteiger partial charge in [0.25, 0.3) is 5.91 Å². The molecular weight excluding hydrogens is 360 g/mol. The Bertz CT molecular complexity index is 837. The summed E-state index contributed by atoms with van der Waals surface area (Å²) in [5.41, 5.74) is 1.15. The highest BCUT2D eigenvalue weighted by Crippen LogP contribution is 2.32. The molecule has 2 amide bonds. The maximum atomic E-state index is 12.3. The van der Waals surface area contributed by atoms with Gasteiger partial charge < -0.3 is 24.8 Å². The summed E-state index contributed by atoms with van der Waals surface area (Å²) < 4.78 is 16.4. The van der Waals surface area contributed by atoms with Gasteiger partial charge in [0.05, 0.1) is 12.2 Å². The summed E-state index contributed by atoms with van der Waals surface area (Å²) in [4.78, 5) is 24.4. The number of anilines is 1. The second-order valence-corrected chi connectivity index (χ2v) is 6.20. The first-order valence-corrected chi connectivity index (χ1v) is 9.37. The van der Waals surface area contributed by atoms with Crippen LogP contribution in [0, 0.1) is 0 Å². The highest BCUT2D eigenvalue weighted by Gasteiger charge is 2.13. The smallest absolute Gasteiger partial charge is 0.255 e. The monoisotopic (exact) mass is 384 g/mol. The molecule has 0 radical (unpaired) electrons. The Balaban J connectivity index is 1.43. The minimum absolute atomic E-state index is 0.124. The first-order chi connectivity index (χ1) is 13.7. The van der Waals surface area contributed by atoms with E-state index in [0.717, 1.165) is 0 Å². The first kappa shape index (κ1) is 19.5. The van der Waals surface area contributed by atoms with Gasteiger partial charge in [-0.1, -0.05) is 12.1 Å². The Morgan fingerprint density at radius 1 is 1.07 bits per heavy atom. The van der Waals surface area contributed by atoms with Crippen LogP contribution in [0.4, 0.5) is 5.69 Å². The van der Waals surface area contributed by atoms with E-state index in [1.54, 1.807) is 36.4 Å². The van der Waals surface area contributed by atoms with Gasteiger partial charge in [0.15, 0.2) is 11.5 Å².